The predicted molar refractivity (Wildman–Crippen MR) is 106 cm³/mol. The fraction of sp³-hybridized carbons (Fsp3) is 0.136. The molecule has 0 spiro atoms. The number of allylic oxidation sites excluding steroid dienone is 1. The number of fused-ring (bicyclic) bond motifs is 1. The summed E-state index contributed by atoms with van der Waals surface area (Å²) in [5.74, 6) is 0.922. The summed E-state index contributed by atoms with van der Waals surface area (Å²) in [7, 11) is 0. The summed E-state index contributed by atoms with van der Waals surface area (Å²) in [4.78, 5) is 5.93. The van der Waals surface area contributed by atoms with Crippen molar-refractivity contribution in [3.05, 3.63) is 93.7 Å². The highest BCUT2D eigenvalue weighted by atomic mass is 32.1. The Labute approximate surface area is 152 Å². The fourth-order valence-electron chi connectivity index (χ4n) is 2.93. The van der Waals surface area contributed by atoms with Crippen LogP contribution in [0.3, 0.4) is 0 Å². The molecule has 0 aliphatic carbocycles. The normalized spacial score (nSPS) is 13.5. The Balaban J connectivity index is 1.50. The van der Waals surface area contributed by atoms with E-state index in [-0.39, 0.29) is 0 Å². The Morgan fingerprint density at radius 1 is 1.00 bits per heavy atom. The molecule has 0 amide bonds. The molecular formula is C22H19NOS. The topological polar surface area (TPSA) is 21.6 Å². The second kappa shape index (κ2) is 7.49. The lowest BCUT2D eigenvalue weighted by atomic mass is 9.97. The van der Waals surface area contributed by atoms with Crippen LogP contribution in [0.1, 0.15) is 21.6 Å². The highest BCUT2D eigenvalue weighted by Crippen LogP contribution is 2.24. The third-order valence-corrected chi connectivity index (χ3v) is 5.05. The Bertz CT molecular complexity index is 895. The van der Waals surface area contributed by atoms with Gasteiger partial charge in [-0.15, -0.1) is 11.3 Å². The minimum Gasteiger partial charge on any atom is -0.489 e. The summed E-state index contributed by atoms with van der Waals surface area (Å²) in [6.07, 6.45) is 5.22. The van der Waals surface area contributed by atoms with Gasteiger partial charge >= 0.3 is 0 Å². The van der Waals surface area contributed by atoms with Crippen molar-refractivity contribution in [2.75, 3.05) is 6.54 Å². The van der Waals surface area contributed by atoms with E-state index >= 15 is 0 Å². The first kappa shape index (κ1) is 15.9. The molecular weight excluding hydrogens is 326 g/mol. The number of hydrogen-bond acceptors (Lipinski definition) is 3. The highest BCUT2D eigenvalue weighted by molar-refractivity contribution is 7.10. The molecule has 1 aromatic heterocycles. The van der Waals surface area contributed by atoms with E-state index in [0.717, 1.165) is 24.4 Å². The van der Waals surface area contributed by atoms with Crippen LogP contribution >= 0.6 is 11.3 Å². The zero-order valence-corrected chi connectivity index (χ0v) is 14.7. The molecule has 2 nitrogen and oxygen atoms in total. The minimum atomic E-state index is 0.596. The first-order chi connectivity index (χ1) is 12.4. The van der Waals surface area contributed by atoms with Crippen molar-refractivity contribution in [3.63, 3.8) is 0 Å². The molecule has 1 aliphatic heterocycles. The first-order valence-electron chi connectivity index (χ1n) is 8.44. The molecule has 3 heteroatoms. The largest absolute Gasteiger partial charge is 0.489 e. The smallest absolute Gasteiger partial charge is 0.120 e. The number of thiophene rings is 1. The zero-order chi connectivity index (χ0) is 16.9. The summed E-state index contributed by atoms with van der Waals surface area (Å²) >= 11 is 1.74. The predicted octanol–water partition coefficient (Wildman–Crippen LogP) is 5.39. The third kappa shape index (κ3) is 3.89. The van der Waals surface area contributed by atoms with Gasteiger partial charge in [0.05, 0.1) is 5.71 Å². The molecule has 124 valence electrons. The minimum absolute atomic E-state index is 0.596. The molecule has 1 aliphatic rings. The number of hydrogen-bond donors (Lipinski definition) is 0. The van der Waals surface area contributed by atoms with Crippen molar-refractivity contribution in [2.45, 2.75) is 13.0 Å². The van der Waals surface area contributed by atoms with Crippen LogP contribution in [-0.4, -0.2) is 12.3 Å². The lowest BCUT2D eigenvalue weighted by Gasteiger charge is -2.16. The Morgan fingerprint density at radius 2 is 1.92 bits per heavy atom. The standard InChI is InChI=1S/C22H19NOS/c1-2-5-17(6-3-1)16-24-19-8-10-21-18(15-19)12-13-23-22(21)11-9-20-7-4-14-25-20/h1-11,14-15H,12-13,16H2/b11-9+. The van der Waals surface area contributed by atoms with Crippen molar-refractivity contribution >= 4 is 23.1 Å². The van der Waals surface area contributed by atoms with Gasteiger partial charge in [0.15, 0.2) is 0 Å². The van der Waals surface area contributed by atoms with Gasteiger partial charge in [0.25, 0.3) is 0 Å². The molecule has 3 aromatic rings. The summed E-state index contributed by atoms with van der Waals surface area (Å²) in [6, 6.07) is 20.8. The maximum Gasteiger partial charge on any atom is 0.120 e. The van der Waals surface area contributed by atoms with Gasteiger partial charge in [0.2, 0.25) is 0 Å². The molecule has 0 bridgehead atoms. The van der Waals surface area contributed by atoms with Crippen LogP contribution in [0.2, 0.25) is 0 Å². The average Bonchev–Trinajstić information content (AvgIpc) is 3.19. The molecule has 0 fully saturated rings. The molecule has 0 radical (unpaired) electrons. The second-order valence-electron chi connectivity index (χ2n) is 5.96. The molecule has 4 rings (SSSR count). The molecule has 25 heavy (non-hydrogen) atoms. The summed E-state index contributed by atoms with van der Waals surface area (Å²) in [5.41, 5.74) is 4.77. The molecule has 0 atom stereocenters. The van der Waals surface area contributed by atoms with Gasteiger partial charge in [-0.25, -0.2) is 0 Å². The summed E-state index contributed by atoms with van der Waals surface area (Å²) in [5, 5.41) is 2.09. The molecule has 0 saturated heterocycles. The number of benzene rings is 2. The number of rotatable bonds is 5. The van der Waals surface area contributed by atoms with Gasteiger partial charge < -0.3 is 4.74 Å². The highest BCUT2D eigenvalue weighted by Gasteiger charge is 2.13. The average molecular weight is 345 g/mol. The van der Waals surface area contributed by atoms with Gasteiger partial charge in [-0.05, 0) is 59.3 Å². The monoisotopic (exact) mass is 345 g/mol. The van der Waals surface area contributed by atoms with Crippen molar-refractivity contribution in [1.29, 1.82) is 0 Å². The van der Waals surface area contributed by atoms with Crippen LogP contribution < -0.4 is 4.74 Å². The number of nitrogens with zero attached hydrogens (tertiary/aromatic N) is 1. The SMILES string of the molecule is C(=C\c1cccs1)/C1=NCCc2cc(OCc3ccccc3)ccc21. The van der Waals surface area contributed by atoms with E-state index in [2.05, 4.69) is 58.9 Å². The molecule has 0 unspecified atom stereocenters. The van der Waals surface area contributed by atoms with E-state index in [1.165, 1.54) is 21.6 Å². The number of aliphatic imine (C=N–C) groups is 1. The van der Waals surface area contributed by atoms with Crippen molar-refractivity contribution < 1.29 is 4.74 Å². The van der Waals surface area contributed by atoms with Crippen molar-refractivity contribution in [1.82, 2.24) is 0 Å². The van der Waals surface area contributed by atoms with E-state index in [1.54, 1.807) is 11.3 Å². The van der Waals surface area contributed by atoms with Crippen LogP contribution in [0.4, 0.5) is 0 Å². The Morgan fingerprint density at radius 3 is 2.76 bits per heavy atom. The van der Waals surface area contributed by atoms with E-state index in [1.807, 2.05) is 24.3 Å². The van der Waals surface area contributed by atoms with Gasteiger partial charge in [0, 0.05) is 17.0 Å². The molecule has 2 heterocycles. The second-order valence-corrected chi connectivity index (χ2v) is 6.94. The van der Waals surface area contributed by atoms with Crippen LogP contribution in [0.5, 0.6) is 5.75 Å². The first-order valence-corrected chi connectivity index (χ1v) is 9.32. The van der Waals surface area contributed by atoms with E-state index in [0.29, 0.717) is 6.61 Å². The number of ether oxygens (including phenoxy) is 1. The van der Waals surface area contributed by atoms with Crippen LogP contribution in [0, 0.1) is 0 Å². The van der Waals surface area contributed by atoms with Gasteiger partial charge in [-0.3, -0.25) is 4.99 Å². The zero-order valence-electron chi connectivity index (χ0n) is 13.9. The van der Waals surface area contributed by atoms with E-state index < -0.39 is 0 Å². The van der Waals surface area contributed by atoms with Crippen LogP contribution in [-0.2, 0) is 13.0 Å². The molecule has 0 N–H and O–H groups in total. The van der Waals surface area contributed by atoms with Crippen molar-refractivity contribution in [3.8, 4) is 5.75 Å². The maximum atomic E-state index is 5.96. The maximum absolute atomic E-state index is 5.96. The van der Waals surface area contributed by atoms with Crippen molar-refractivity contribution in [2.24, 2.45) is 4.99 Å². The van der Waals surface area contributed by atoms with Crippen LogP contribution in [0.15, 0.2) is 77.1 Å². The van der Waals surface area contributed by atoms with Crippen LogP contribution in [0.25, 0.3) is 6.08 Å². The van der Waals surface area contributed by atoms with E-state index in [9.17, 15) is 0 Å². The van der Waals surface area contributed by atoms with Gasteiger partial charge in [-0.2, -0.15) is 0 Å². The quantitative estimate of drug-likeness (QED) is 0.608. The molecule has 2 aromatic carbocycles. The Kier molecular flexibility index (Phi) is 4.75. The summed E-state index contributed by atoms with van der Waals surface area (Å²) in [6.45, 7) is 1.43. The van der Waals surface area contributed by atoms with E-state index in [4.69, 9.17) is 4.74 Å². The lowest BCUT2D eigenvalue weighted by Crippen LogP contribution is -2.11. The summed E-state index contributed by atoms with van der Waals surface area (Å²) < 4.78 is 5.96. The third-order valence-electron chi connectivity index (χ3n) is 4.21. The van der Waals surface area contributed by atoms with Gasteiger partial charge in [-0.1, -0.05) is 36.4 Å². The fourth-order valence-corrected chi connectivity index (χ4v) is 3.55. The molecule has 0 saturated carbocycles. The lowest BCUT2D eigenvalue weighted by molar-refractivity contribution is 0.306. The Hall–Kier alpha value is -2.65. The van der Waals surface area contributed by atoms with Gasteiger partial charge in [0.1, 0.15) is 12.4 Å².